The number of benzene rings is 2. The molecule has 0 radical (unpaired) electrons. The normalized spacial score (nSPS) is 10.7. The Kier molecular flexibility index (Phi) is 3.36. The molecule has 4 nitrogen and oxygen atoms in total. The molecule has 0 spiro atoms. The van der Waals surface area contributed by atoms with Gasteiger partial charge in [-0.2, -0.15) is 0 Å². The van der Waals surface area contributed by atoms with Crippen molar-refractivity contribution in [1.82, 2.24) is 9.36 Å². The lowest BCUT2D eigenvalue weighted by Crippen LogP contribution is -2.21. The van der Waals surface area contributed by atoms with Gasteiger partial charge in [-0.3, -0.25) is 9.48 Å². The summed E-state index contributed by atoms with van der Waals surface area (Å²) in [5, 5.41) is 0. The van der Waals surface area contributed by atoms with Crippen molar-refractivity contribution < 1.29 is 0 Å². The Bertz CT molecular complexity index is 801. The molecule has 0 aliphatic heterocycles. The second kappa shape index (κ2) is 5.32. The van der Waals surface area contributed by atoms with Crippen molar-refractivity contribution in [3.63, 3.8) is 0 Å². The highest BCUT2D eigenvalue weighted by atomic mass is 16.1. The standard InChI is InChI=1S/C17H17N3O/c1-2-19-16(13-9-5-3-6-10-13)15(18)17(21)20(19)14-11-7-4-8-12-14/h3-12H,2,18H2,1H3. The van der Waals surface area contributed by atoms with Gasteiger partial charge in [0.1, 0.15) is 5.69 Å². The molecule has 0 saturated heterocycles. The molecule has 0 aliphatic rings. The Balaban J connectivity index is 2.32. The molecule has 0 aliphatic carbocycles. The third kappa shape index (κ3) is 2.14. The maximum atomic E-state index is 12.6. The molecule has 0 saturated carbocycles. The van der Waals surface area contributed by atoms with E-state index in [-0.39, 0.29) is 11.2 Å². The van der Waals surface area contributed by atoms with Crippen LogP contribution >= 0.6 is 0 Å². The number of hydrogen-bond acceptors (Lipinski definition) is 2. The van der Waals surface area contributed by atoms with E-state index in [0.29, 0.717) is 6.54 Å². The highest BCUT2D eigenvalue weighted by Gasteiger charge is 2.18. The highest BCUT2D eigenvalue weighted by molar-refractivity contribution is 5.73. The summed E-state index contributed by atoms with van der Waals surface area (Å²) in [5.41, 5.74) is 8.74. The molecule has 0 fully saturated rings. The van der Waals surface area contributed by atoms with Crippen LogP contribution in [0.5, 0.6) is 0 Å². The average Bonchev–Trinajstić information content (AvgIpc) is 2.80. The quantitative estimate of drug-likeness (QED) is 0.801. The molecule has 3 aromatic rings. The maximum Gasteiger partial charge on any atom is 0.295 e. The number of para-hydroxylation sites is 1. The van der Waals surface area contributed by atoms with Gasteiger partial charge in [-0.1, -0.05) is 48.5 Å². The molecule has 0 unspecified atom stereocenters. The second-order valence-electron chi connectivity index (χ2n) is 4.80. The van der Waals surface area contributed by atoms with Crippen LogP contribution in [-0.2, 0) is 6.54 Å². The minimum atomic E-state index is -0.179. The largest absolute Gasteiger partial charge is 0.392 e. The molecule has 0 atom stereocenters. The SMILES string of the molecule is CCn1c(-c2ccccc2)c(N)c(=O)n1-c1ccccc1. The zero-order chi connectivity index (χ0) is 14.8. The minimum Gasteiger partial charge on any atom is -0.392 e. The molecule has 4 heteroatoms. The van der Waals surface area contributed by atoms with Crippen LogP contribution in [0.15, 0.2) is 65.5 Å². The van der Waals surface area contributed by atoms with Gasteiger partial charge < -0.3 is 5.73 Å². The zero-order valence-corrected chi connectivity index (χ0v) is 11.9. The van der Waals surface area contributed by atoms with E-state index in [4.69, 9.17) is 5.73 Å². The summed E-state index contributed by atoms with van der Waals surface area (Å²) in [7, 11) is 0. The minimum absolute atomic E-state index is 0.179. The van der Waals surface area contributed by atoms with Crippen LogP contribution in [0.3, 0.4) is 0 Å². The monoisotopic (exact) mass is 279 g/mol. The third-order valence-electron chi connectivity index (χ3n) is 3.52. The van der Waals surface area contributed by atoms with Crippen molar-refractivity contribution in [2.75, 3.05) is 5.73 Å². The summed E-state index contributed by atoms with van der Waals surface area (Å²) >= 11 is 0. The summed E-state index contributed by atoms with van der Waals surface area (Å²) < 4.78 is 3.56. The fourth-order valence-corrected chi connectivity index (χ4v) is 2.59. The van der Waals surface area contributed by atoms with E-state index in [1.165, 1.54) is 0 Å². The van der Waals surface area contributed by atoms with Crippen molar-refractivity contribution in [2.45, 2.75) is 13.5 Å². The molecular weight excluding hydrogens is 262 g/mol. The van der Waals surface area contributed by atoms with Gasteiger partial charge in [-0.25, -0.2) is 4.68 Å². The first-order valence-corrected chi connectivity index (χ1v) is 6.96. The van der Waals surface area contributed by atoms with Crippen LogP contribution in [0.2, 0.25) is 0 Å². The van der Waals surface area contributed by atoms with E-state index in [1.54, 1.807) is 4.68 Å². The van der Waals surface area contributed by atoms with E-state index in [2.05, 4.69) is 0 Å². The number of nitrogens with zero attached hydrogens (tertiary/aromatic N) is 2. The topological polar surface area (TPSA) is 52.9 Å². The first-order valence-electron chi connectivity index (χ1n) is 6.96. The maximum absolute atomic E-state index is 12.6. The van der Waals surface area contributed by atoms with Crippen LogP contribution in [-0.4, -0.2) is 9.36 Å². The van der Waals surface area contributed by atoms with Crippen LogP contribution in [0, 0.1) is 0 Å². The summed E-state index contributed by atoms with van der Waals surface area (Å²) in [6, 6.07) is 19.3. The summed E-state index contributed by atoms with van der Waals surface area (Å²) in [5.74, 6) is 0. The Morgan fingerprint density at radius 1 is 0.952 bits per heavy atom. The van der Waals surface area contributed by atoms with Crippen LogP contribution < -0.4 is 11.3 Å². The second-order valence-corrected chi connectivity index (χ2v) is 4.80. The fraction of sp³-hybridized carbons (Fsp3) is 0.118. The van der Waals surface area contributed by atoms with Gasteiger partial charge in [0.25, 0.3) is 5.56 Å². The zero-order valence-electron chi connectivity index (χ0n) is 11.9. The Hall–Kier alpha value is -2.75. The lowest BCUT2D eigenvalue weighted by Gasteiger charge is -2.13. The molecule has 106 valence electrons. The van der Waals surface area contributed by atoms with Crippen molar-refractivity contribution in [3.8, 4) is 16.9 Å². The van der Waals surface area contributed by atoms with Crippen molar-refractivity contribution in [1.29, 1.82) is 0 Å². The lowest BCUT2D eigenvalue weighted by molar-refractivity contribution is 0.580. The Morgan fingerprint density at radius 2 is 1.52 bits per heavy atom. The van der Waals surface area contributed by atoms with Crippen LogP contribution in [0.4, 0.5) is 5.69 Å². The van der Waals surface area contributed by atoms with E-state index in [0.717, 1.165) is 16.9 Å². The molecule has 3 rings (SSSR count). The third-order valence-corrected chi connectivity index (χ3v) is 3.52. The van der Waals surface area contributed by atoms with E-state index < -0.39 is 0 Å². The van der Waals surface area contributed by atoms with Crippen LogP contribution in [0.25, 0.3) is 16.9 Å². The number of hydrogen-bond donors (Lipinski definition) is 1. The first-order chi connectivity index (χ1) is 10.2. The number of nitrogen functional groups attached to an aromatic ring is 1. The Labute approximate surface area is 123 Å². The van der Waals surface area contributed by atoms with Gasteiger partial charge in [-0.05, 0) is 19.1 Å². The molecular formula is C17H17N3O. The van der Waals surface area contributed by atoms with Crippen molar-refractivity contribution >= 4 is 5.69 Å². The number of anilines is 1. The van der Waals surface area contributed by atoms with Crippen LogP contribution in [0.1, 0.15) is 6.92 Å². The van der Waals surface area contributed by atoms with E-state index >= 15 is 0 Å². The van der Waals surface area contributed by atoms with Gasteiger partial charge in [0, 0.05) is 12.1 Å². The highest BCUT2D eigenvalue weighted by Crippen LogP contribution is 2.25. The van der Waals surface area contributed by atoms with E-state index in [9.17, 15) is 4.79 Å². The molecule has 1 aromatic heterocycles. The van der Waals surface area contributed by atoms with Gasteiger partial charge in [0.15, 0.2) is 0 Å². The van der Waals surface area contributed by atoms with E-state index in [1.807, 2.05) is 72.3 Å². The molecule has 0 bridgehead atoms. The average molecular weight is 279 g/mol. The smallest absolute Gasteiger partial charge is 0.295 e. The Morgan fingerprint density at radius 3 is 2.10 bits per heavy atom. The summed E-state index contributed by atoms with van der Waals surface area (Å²) in [4.78, 5) is 12.6. The van der Waals surface area contributed by atoms with Gasteiger partial charge >= 0.3 is 0 Å². The number of aromatic nitrogens is 2. The first kappa shape index (κ1) is 13.2. The summed E-state index contributed by atoms with van der Waals surface area (Å²) in [6.07, 6.45) is 0. The van der Waals surface area contributed by atoms with Gasteiger partial charge in [0.05, 0.1) is 11.4 Å². The van der Waals surface area contributed by atoms with Gasteiger partial charge in [0.2, 0.25) is 0 Å². The predicted molar refractivity (Wildman–Crippen MR) is 85.6 cm³/mol. The van der Waals surface area contributed by atoms with Crippen molar-refractivity contribution in [2.24, 2.45) is 0 Å². The number of rotatable bonds is 3. The summed E-state index contributed by atoms with van der Waals surface area (Å²) in [6.45, 7) is 2.66. The van der Waals surface area contributed by atoms with Crippen molar-refractivity contribution in [3.05, 3.63) is 71.0 Å². The molecule has 2 N–H and O–H groups in total. The predicted octanol–water partition coefficient (Wildman–Crippen LogP) is 2.91. The number of nitrogens with two attached hydrogens (primary N) is 1. The lowest BCUT2D eigenvalue weighted by atomic mass is 10.1. The fourth-order valence-electron chi connectivity index (χ4n) is 2.59. The molecule has 21 heavy (non-hydrogen) atoms. The molecule has 1 heterocycles. The molecule has 0 amide bonds. The van der Waals surface area contributed by atoms with Gasteiger partial charge in [-0.15, -0.1) is 0 Å². The molecule has 2 aromatic carbocycles.